The highest BCUT2D eigenvalue weighted by molar-refractivity contribution is 5.88. The lowest BCUT2D eigenvalue weighted by molar-refractivity contribution is -0.129. The van der Waals surface area contributed by atoms with Crippen LogP contribution in [0.5, 0.6) is 0 Å². The molecular formula is C22H35N5O2. The van der Waals surface area contributed by atoms with Crippen LogP contribution < -0.4 is 21.7 Å². The summed E-state index contributed by atoms with van der Waals surface area (Å²) in [6.07, 6.45) is 11.3. The van der Waals surface area contributed by atoms with Crippen LogP contribution in [0.1, 0.15) is 56.9 Å². The molecule has 0 aliphatic heterocycles. The van der Waals surface area contributed by atoms with Gasteiger partial charge in [0.05, 0.1) is 6.54 Å². The van der Waals surface area contributed by atoms with Crippen molar-refractivity contribution in [1.29, 1.82) is 0 Å². The van der Waals surface area contributed by atoms with Crippen LogP contribution in [0.3, 0.4) is 0 Å². The van der Waals surface area contributed by atoms with Crippen LogP contribution in [0.25, 0.3) is 0 Å². The van der Waals surface area contributed by atoms with Crippen LogP contribution >= 0.6 is 0 Å². The van der Waals surface area contributed by atoms with Crippen molar-refractivity contribution < 1.29 is 9.59 Å². The summed E-state index contributed by atoms with van der Waals surface area (Å²) in [4.78, 5) is 29.2. The maximum Gasteiger partial charge on any atom is 0.242 e. The van der Waals surface area contributed by atoms with Gasteiger partial charge in [-0.25, -0.2) is 4.98 Å². The summed E-state index contributed by atoms with van der Waals surface area (Å²) >= 11 is 0. The number of hydrogen-bond donors (Lipinski definition) is 4. The Bertz CT molecular complexity index is 676. The molecule has 0 bridgehead atoms. The molecule has 7 nitrogen and oxygen atoms in total. The number of likely N-dealkylation sites (N-methyl/N-ethyl adjacent to an activating group) is 1. The van der Waals surface area contributed by atoms with E-state index in [0.717, 1.165) is 24.3 Å². The smallest absolute Gasteiger partial charge is 0.242 e. The third-order valence-electron chi connectivity index (χ3n) is 6.57. The third kappa shape index (κ3) is 6.16. The number of amides is 2. The first-order valence-electron chi connectivity index (χ1n) is 11.0. The van der Waals surface area contributed by atoms with Gasteiger partial charge in [0, 0.05) is 12.7 Å². The summed E-state index contributed by atoms with van der Waals surface area (Å²) < 4.78 is 0. The molecule has 0 radical (unpaired) electrons. The number of nitrogens with one attached hydrogen (secondary N) is 3. The fourth-order valence-electron chi connectivity index (χ4n) is 5.16. The number of anilines is 1. The number of aromatic nitrogens is 1. The molecule has 2 aliphatic carbocycles. The number of hydrogen-bond acceptors (Lipinski definition) is 5. The molecular weight excluding hydrogens is 366 g/mol. The summed E-state index contributed by atoms with van der Waals surface area (Å²) in [5.74, 6) is 2.21. The first-order valence-corrected chi connectivity index (χ1v) is 11.0. The number of carbonyl (C=O) groups excluding carboxylic acids is 2. The minimum atomic E-state index is -0.497. The van der Waals surface area contributed by atoms with Crippen molar-refractivity contribution in [3.8, 4) is 0 Å². The number of carbonyl (C=O) groups is 2. The van der Waals surface area contributed by atoms with E-state index in [4.69, 9.17) is 5.73 Å². The van der Waals surface area contributed by atoms with Crippen LogP contribution in [-0.2, 0) is 16.1 Å². The molecule has 2 amide bonds. The highest BCUT2D eigenvalue weighted by Crippen LogP contribution is 2.45. The SMILES string of the molecule is CNCC(=O)NC(CC1CCCC2CCCCC21)C(=O)NCc1ccc(N)nc1. The monoisotopic (exact) mass is 401 g/mol. The molecule has 160 valence electrons. The predicted molar refractivity (Wildman–Crippen MR) is 114 cm³/mol. The van der Waals surface area contributed by atoms with Crippen molar-refractivity contribution >= 4 is 17.6 Å². The molecule has 2 fully saturated rings. The molecule has 5 N–H and O–H groups in total. The number of pyridine rings is 1. The van der Waals surface area contributed by atoms with E-state index in [0.29, 0.717) is 24.2 Å². The van der Waals surface area contributed by atoms with Gasteiger partial charge in [0.1, 0.15) is 11.9 Å². The molecule has 1 aromatic rings. The fourth-order valence-corrected chi connectivity index (χ4v) is 5.16. The van der Waals surface area contributed by atoms with Crippen molar-refractivity contribution in [2.75, 3.05) is 19.3 Å². The number of nitrogen functional groups attached to an aromatic ring is 1. The molecule has 2 saturated carbocycles. The second kappa shape index (κ2) is 10.6. The van der Waals surface area contributed by atoms with Gasteiger partial charge in [-0.3, -0.25) is 9.59 Å². The molecule has 1 heterocycles. The first kappa shape index (κ1) is 21.6. The zero-order valence-electron chi connectivity index (χ0n) is 17.5. The van der Waals surface area contributed by atoms with Crippen molar-refractivity contribution in [2.24, 2.45) is 17.8 Å². The minimum Gasteiger partial charge on any atom is -0.384 e. The van der Waals surface area contributed by atoms with E-state index in [-0.39, 0.29) is 18.4 Å². The zero-order chi connectivity index (χ0) is 20.6. The van der Waals surface area contributed by atoms with E-state index in [2.05, 4.69) is 20.9 Å². The van der Waals surface area contributed by atoms with Gasteiger partial charge in [-0.05, 0) is 49.3 Å². The van der Waals surface area contributed by atoms with E-state index < -0.39 is 6.04 Å². The van der Waals surface area contributed by atoms with Gasteiger partial charge in [0.15, 0.2) is 0 Å². The maximum atomic E-state index is 13.0. The topological polar surface area (TPSA) is 109 Å². The molecule has 0 saturated heterocycles. The van der Waals surface area contributed by atoms with E-state index in [1.165, 1.54) is 38.5 Å². The summed E-state index contributed by atoms with van der Waals surface area (Å²) in [5, 5.41) is 8.79. The van der Waals surface area contributed by atoms with Gasteiger partial charge in [0.2, 0.25) is 11.8 Å². The molecule has 29 heavy (non-hydrogen) atoms. The van der Waals surface area contributed by atoms with Gasteiger partial charge in [-0.2, -0.15) is 0 Å². The Hall–Kier alpha value is -2.15. The zero-order valence-corrected chi connectivity index (χ0v) is 17.5. The minimum absolute atomic E-state index is 0.121. The fraction of sp³-hybridized carbons (Fsp3) is 0.682. The summed E-state index contributed by atoms with van der Waals surface area (Å²) in [6, 6.07) is 3.08. The number of fused-ring (bicyclic) bond motifs is 1. The highest BCUT2D eigenvalue weighted by Gasteiger charge is 2.37. The molecule has 4 atom stereocenters. The van der Waals surface area contributed by atoms with E-state index in [1.54, 1.807) is 19.3 Å². The van der Waals surface area contributed by atoms with Gasteiger partial charge in [-0.1, -0.05) is 44.6 Å². The summed E-state index contributed by atoms with van der Waals surface area (Å²) in [6.45, 7) is 0.587. The molecule has 1 aromatic heterocycles. The maximum absolute atomic E-state index is 13.0. The van der Waals surface area contributed by atoms with Crippen molar-refractivity contribution in [3.63, 3.8) is 0 Å². The van der Waals surface area contributed by atoms with Crippen LogP contribution in [0.2, 0.25) is 0 Å². The lowest BCUT2D eigenvalue weighted by atomic mass is 9.64. The summed E-state index contributed by atoms with van der Waals surface area (Å²) in [7, 11) is 1.73. The molecule has 2 aliphatic rings. The number of rotatable bonds is 8. The lowest BCUT2D eigenvalue weighted by Crippen LogP contribution is -2.50. The second-order valence-corrected chi connectivity index (χ2v) is 8.59. The van der Waals surface area contributed by atoms with E-state index in [9.17, 15) is 9.59 Å². The summed E-state index contributed by atoms with van der Waals surface area (Å²) in [5.41, 5.74) is 6.51. The molecule has 0 spiro atoms. The average Bonchev–Trinajstić information content (AvgIpc) is 2.73. The number of nitrogens with zero attached hydrogens (tertiary/aromatic N) is 1. The van der Waals surface area contributed by atoms with Crippen LogP contribution in [-0.4, -0.2) is 36.4 Å². The van der Waals surface area contributed by atoms with E-state index >= 15 is 0 Å². The molecule has 0 aromatic carbocycles. The predicted octanol–water partition coefficient (Wildman–Crippen LogP) is 1.98. The number of nitrogens with two attached hydrogens (primary N) is 1. The molecule has 4 unspecified atom stereocenters. The van der Waals surface area contributed by atoms with Crippen molar-refractivity contribution in [3.05, 3.63) is 23.9 Å². The van der Waals surface area contributed by atoms with E-state index in [1.807, 2.05) is 6.07 Å². The quantitative estimate of drug-likeness (QED) is 0.533. The second-order valence-electron chi connectivity index (χ2n) is 8.59. The Morgan fingerprint density at radius 1 is 1.17 bits per heavy atom. The van der Waals surface area contributed by atoms with Crippen LogP contribution in [0.4, 0.5) is 5.82 Å². The largest absolute Gasteiger partial charge is 0.384 e. The first-order chi connectivity index (χ1) is 14.1. The Kier molecular flexibility index (Phi) is 7.86. The molecule has 7 heteroatoms. The van der Waals surface area contributed by atoms with Gasteiger partial charge >= 0.3 is 0 Å². The van der Waals surface area contributed by atoms with Gasteiger partial charge in [0.25, 0.3) is 0 Å². The lowest BCUT2D eigenvalue weighted by Gasteiger charge is -2.42. The van der Waals surface area contributed by atoms with Crippen LogP contribution in [0, 0.1) is 17.8 Å². The van der Waals surface area contributed by atoms with Crippen LogP contribution in [0.15, 0.2) is 18.3 Å². The van der Waals surface area contributed by atoms with Gasteiger partial charge < -0.3 is 21.7 Å². The third-order valence-corrected chi connectivity index (χ3v) is 6.57. The Morgan fingerprint density at radius 2 is 1.97 bits per heavy atom. The Labute approximate surface area is 173 Å². The normalized spacial score (nSPS) is 24.9. The van der Waals surface area contributed by atoms with Crippen molar-refractivity contribution in [1.82, 2.24) is 20.9 Å². The van der Waals surface area contributed by atoms with Crippen molar-refractivity contribution in [2.45, 2.75) is 64.0 Å². The average molecular weight is 402 g/mol. The standard InChI is InChI=1S/C22H35N5O2/c1-24-14-21(28)27-19(22(29)26-13-15-9-10-20(23)25-12-15)11-17-7-4-6-16-5-2-3-8-18(16)17/h9-10,12,16-19,24H,2-8,11,13-14H2,1H3,(H2,23,25)(H,26,29)(H,27,28). The Balaban J connectivity index is 1.63. The van der Waals surface area contributed by atoms with Gasteiger partial charge in [-0.15, -0.1) is 0 Å². The Morgan fingerprint density at radius 3 is 2.72 bits per heavy atom. The molecule has 3 rings (SSSR count). The highest BCUT2D eigenvalue weighted by atomic mass is 16.2.